The molecule has 0 aliphatic carbocycles. The molecule has 6 nitrogen and oxygen atoms in total. The molecule has 2 aromatic heterocycles. The van der Waals surface area contributed by atoms with E-state index in [1.807, 2.05) is 16.3 Å². The summed E-state index contributed by atoms with van der Waals surface area (Å²) in [5.74, 6) is 0.209. The van der Waals surface area contributed by atoms with Gasteiger partial charge in [0.05, 0.1) is 11.9 Å². The number of anilines is 1. The second-order valence-corrected chi connectivity index (χ2v) is 8.05. The Kier molecular flexibility index (Phi) is 5.95. The van der Waals surface area contributed by atoms with Gasteiger partial charge in [0.25, 0.3) is 11.8 Å². The number of hydrogen-bond donors (Lipinski definition) is 1. The van der Waals surface area contributed by atoms with Crippen LogP contribution < -0.4 is 5.32 Å². The zero-order chi connectivity index (χ0) is 20.1. The quantitative estimate of drug-likeness (QED) is 0.698. The SMILES string of the molecule is O=C(Nc1ccsc1C(=O)N1CCC(Cc2ccccc2)CC1)c1cnccn1. The summed E-state index contributed by atoms with van der Waals surface area (Å²) in [6.07, 6.45) is 7.43. The van der Waals surface area contributed by atoms with Crippen molar-refractivity contribution >= 4 is 28.8 Å². The van der Waals surface area contributed by atoms with Crippen molar-refractivity contribution in [1.82, 2.24) is 14.9 Å². The van der Waals surface area contributed by atoms with Gasteiger partial charge in [-0.2, -0.15) is 0 Å². The van der Waals surface area contributed by atoms with Crippen molar-refractivity contribution in [2.24, 2.45) is 5.92 Å². The van der Waals surface area contributed by atoms with Gasteiger partial charge in [0.1, 0.15) is 10.6 Å². The molecule has 0 unspecified atom stereocenters. The lowest BCUT2D eigenvalue weighted by atomic mass is 9.90. The molecular formula is C22H22N4O2S. The predicted molar refractivity (Wildman–Crippen MR) is 113 cm³/mol. The Labute approximate surface area is 173 Å². The van der Waals surface area contributed by atoms with Crippen LogP contribution in [0.5, 0.6) is 0 Å². The Hall–Kier alpha value is -3.06. The van der Waals surface area contributed by atoms with Crippen molar-refractivity contribution in [3.05, 3.63) is 76.5 Å². The van der Waals surface area contributed by atoms with E-state index in [-0.39, 0.29) is 17.5 Å². The first-order valence-corrected chi connectivity index (χ1v) is 10.6. The van der Waals surface area contributed by atoms with Crippen molar-refractivity contribution in [3.8, 4) is 0 Å². The molecule has 0 spiro atoms. The summed E-state index contributed by atoms with van der Waals surface area (Å²) in [4.78, 5) is 35.7. The van der Waals surface area contributed by atoms with E-state index in [1.54, 1.807) is 6.07 Å². The van der Waals surface area contributed by atoms with E-state index < -0.39 is 0 Å². The summed E-state index contributed by atoms with van der Waals surface area (Å²) < 4.78 is 0. The molecule has 1 aliphatic heterocycles. The number of aromatic nitrogens is 2. The molecular weight excluding hydrogens is 384 g/mol. The first kappa shape index (κ1) is 19.3. The Bertz CT molecular complexity index is 967. The third-order valence-corrected chi connectivity index (χ3v) is 6.07. The number of rotatable bonds is 5. The highest BCUT2D eigenvalue weighted by Gasteiger charge is 2.26. The van der Waals surface area contributed by atoms with Crippen LogP contribution in [0.2, 0.25) is 0 Å². The number of hydrogen-bond acceptors (Lipinski definition) is 5. The summed E-state index contributed by atoms with van der Waals surface area (Å²) in [5, 5.41) is 4.61. The Morgan fingerprint density at radius 1 is 1.10 bits per heavy atom. The topological polar surface area (TPSA) is 75.2 Å². The molecule has 1 N–H and O–H groups in total. The minimum Gasteiger partial charge on any atom is -0.338 e. The Morgan fingerprint density at radius 3 is 2.62 bits per heavy atom. The molecule has 3 aromatic rings. The number of thiophene rings is 1. The van der Waals surface area contributed by atoms with Crippen molar-refractivity contribution < 1.29 is 9.59 Å². The van der Waals surface area contributed by atoms with Crippen LogP contribution >= 0.6 is 11.3 Å². The highest BCUT2D eigenvalue weighted by Crippen LogP contribution is 2.28. The number of piperidine rings is 1. The number of benzene rings is 1. The standard InChI is InChI=1S/C22H22N4O2S/c27-21(19-15-23-9-10-24-19)25-18-8-13-29-20(18)22(28)26-11-6-17(7-12-26)14-16-4-2-1-3-5-16/h1-5,8-10,13,15,17H,6-7,11-12,14H2,(H,25,27). The lowest BCUT2D eigenvalue weighted by Crippen LogP contribution is -2.38. The molecule has 0 atom stereocenters. The third-order valence-electron chi connectivity index (χ3n) is 5.17. The van der Waals surface area contributed by atoms with E-state index in [2.05, 4.69) is 39.6 Å². The van der Waals surface area contributed by atoms with Gasteiger partial charge in [-0.15, -0.1) is 11.3 Å². The van der Waals surface area contributed by atoms with Gasteiger partial charge in [-0.1, -0.05) is 30.3 Å². The van der Waals surface area contributed by atoms with Crippen LogP contribution in [-0.2, 0) is 6.42 Å². The van der Waals surface area contributed by atoms with Gasteiger partial charge >= 0.3 is 0 Å². The number of nitrogens with one attached hydrogen (secondary N) is 1. The van der Waals surface area contributed by atoms with Crippen molar-refractivity contribution in [3.63, 3.8) is 0 Å². The fraction of sp³-hybridized carbons (Fsp3) is 0.273. The van der Waals surface area contributed by atoms with E-state index >= 15 is 0 Å². The normalized spacial score (nSPS) is 14.6. The minimum atomic E-state index is -0.368. The van der Waals surface area contributed by atoms with E-state index in [0.29, 0.717) is 16.5 Å². The average Bonchev–Trinajstić information content (AvgIpc) is 3.23. The summed E-state index contributed by atoms with van der Waals surface area (Å²) in [6, 6.07) is 12.3. The summed E-state index contributed by atoms with van der Waals surface area (Å²) in [7, 11) is 0. The molecule has 1 aliphatic rings. The maximum atomic E-state index is 13.0. The molecule has 1 fully saturated rings. The van der Waals surface area contributed by atoms with E-state index in [4.69, 9.17) is 0 Å². The fourth-order valence-electron chi connectivity index (χ4n) is 3.61. The van der Waals surface area contributed by atoms with E-state index in [9.17, 15) is 9.59 Å². The zero-order valence-electron chi connectivity index (χ0n) is 16.0. The molecule has 4 rings (SSSR count). The molecule has 148 valence electrons. The Morgan fingerprint density at radius 2 is 1.90 bits per heavy atom. The van der Waals surface area contributed by atoms with Crippen LogP contribution in [0, 0.1) is 5.92 Å². The molecule has 7 heteroatoms. The van der Waals surface area contributed by atoms with Gasteiger partial charge in [-0.05, 0) is 42.2 Å². The van der Waals surface area contributed by atoms with Crippen LogP contribution in [-0.4, -0.2) is 39.8 Å². The van der Waals surface area contributed by atoms with Crippen LogP contribution in [0.15, 0.2) is 60.4 Å². The monoisotopic (exact) mass is 406 g/mol. The number of nitrogens with zero attached hydrogens (tertiary/aromatic N) is 3. The van der Waals surface area contributed by atoms with Crippen molar-refractivity contribution in [2.45, 2.75) is 19.3 Å². The first-order valence-electron chi connectivity index (χ1n) is 9.69. The molecule has 1 aromatic carbocycles. The molecule has 0 bridgehead atoms. The highest BCUT2D eigenvalue weighted by atomic mass is 32.1. The predicted octanol–water partition coefficient (Wildman–Crippen LogP) is 3.89. The van der Waals surface area contributed by atoms with Gasteiger partial charge in [-0.3, -0.25) is 14.6 Å². The van der Waals surface area contributed by atoms with Crippen LogP contribution in [0.1, 0.15) is 38.6 Å². The molecule has 0 saturated carbocycles. The maximum Gasteiger partial charge on any atom is 0.275 e. The van der Waals surface area contributed by atoms with Gasteiger partial charge in [-0.25, -0.2) is 4.98 Å². The number of carbonyl (C=O) groups is 2. The van der Waals surface area contributed by atoms with Gasteiger partial charge in [0.15, 0.2) is 0 Å². The maximum absolute atomic E-state index is 13.0. The molecule has 0 radical (unpaired) electrons. The first-order chi connectivity index (χ1) is 14.2. The summed E-state index contributed by atoms with van der Waals surface area (Å²) >= 11 is 1.35. The molecule has 3 heterocycles. The van der Waals surface area contributed by atoms with Gasteiger partial charge in [0, 0.05) is 25.5 Å². The number of likely N-dealkylation sites (tertiary alicyclic amines) is 1. The van der Waals surface area contributed by atoms with Gasteiger partial charge < -0.3 is 10.2 Å². The van der Waals surface area contributed by atoms with Crippen LogP contribution in [0.25, 0.3) is 0 Å². The second-order valence-electron chi connectivity index (χ2n) is 7.13. The fourth-order valence-corrected chi connectivity index (χ4v) is 4.42. The zero-order valence-corrected chi connectivity index (χ0v) is 16.8. The van der Waals surface area contributed by atoms with E-state index in [1.165, 1.54) is 35.5 Å². The summed E-state index contributed by atoms with van der Waals surface area (Å²) in [6.45, 7) is 1.48. The van der Waals surface area contributed by atoms with Crippen LogP contribution in [0.4, 0.5) is 5.69 Å². The van der Waals surface area contributed by atoms with Crippen LogP contribution in [0.3, 0.4) is 0 Å². The van der Waals surface area contributed by atoms with Crippen molar-refractivity contribution in [1.29, 1.82) is 0 Å². The lowest BCUT2D eigenvalue weighted by molar-refractivity contribution is 0.0696. The van der Waals surface area contributed by atoms with Gasteiger partial charge in [0.2, 0.25) is 0 Å². The lowest BCUT2D eigenvalue weighted by Gasteiger charge is -2.32. The third kappa shape index (κ3) is 4.68. The number of amides is 2. The Balaban J connectivity index is 1.36. The smallest absolute Gasteiger partial charge is 0.275 e. The molecule has 29 heavy (non-hydrogen) atoms. The summed E-state index contributed by atoms with van der Waals surface area (Å²) in [5.41, 5.74) is 2.10. The molecule has 2 amide bonds. The molecule has 1 saturated heterocycles. The highest BCUT2D eigenvalue weighted by molar-refractivity contribution is 7.12. The second kappa shape index (κ2) is 8.96. The largest absolute Gasteiger partial charge is 0.338 e. The number of carbonyl (C=O) groups excluding carboxylic acids is 2. The minimum absolute atomic E-state index is 0.0207. The van der Waals surface area contributed by atoms with E-state index in [0.717, 1.165) is 32.4 Å². The van der Waals surface area contributed by atoms with Crippen molar-refractivity contribution in [2.75, 3.05) is 18.4 Å². The average molecular weight is 407 g/mol.